The number of carbonyl (C=O) groups is 2. The van der Waals surface area contributed by atoms with Crippen molar-refractivity contribution in [3.8, 4) is 0 Å². The predicted octanol–water partition coefficient (Wildman–Crippen LogP) is 2.94. The summed E-state index contributed by atoms with van der Waals surface area (Å²) < 4.78 is 43.5. The molecule has 0 N–H and O–H groups in total. The Labute approximate surface area is 133 Å². The molecule has 0 aromatic rings. The van der Waals surface area contributed by atoms with Gasteiger partial charge in [0.05, 0.1) is 0 Å². The summed E-state index contributed by atoms with van der Waals surface area (Å²) in [6.45, 7) is 5.87. The summed E-state index contributed by atoms with van der Waals surface area (Å²) in [5.74, 6) is -1.75. The SMILES string of the molecule is CC(C)(C)OC(=O)N1CCC(N(C(=O)C(F)(F)F)C2CC2)CC1. The van der Waals surface area contributed by atoms with Gasteiger partial charge >= 0.3 is 18.2 Å². The van der Waals surface area contributed by atoms with Gasteiger partial charge < -0.3 is 14.5 Å². The van der Waals surface area contributed by atoms with Gasteiger partial charge in [-0.2, -0.15) is 13.2 Å². The maximum Gasteiger partial charge on any atom is 0.471 e. The second-order valence-corrected chi connectivity index (χ2v) is 7.14. The first-order valence-electron chi connectivity index (χ1n) is 7.86. The van der Waals surface area contributed by atoms with Crippen molar-refractivity contribution in [1.29, 1.82) is 0 Å². The fraction of sp³-hybridized carbons (Fsp3) is 0.867. The van der Waals surface area contributed by atoms with Gasteiger partial charge in [0.15, 0.2) is 0 Å². The number of alkyl halides is 3. The summed E-state index contributed by atoms with van der Waals surface area (Å²) in [5, 5.41) is 0. The number of nitrogens with zero attached hydrogens (tertiary/aromatic N) is 2. The van der Waals surface area contributed by atoms with E-state index in [0.717, 1.165) is 4.90 Å². The minimum Gasteiger partial charge on any atom is -0.444 e. The first-order valence-corrected chi connectivity index (χ1v) is 7.86. The molecule has 1 aliphatic heterocycles. The van der Waals surface area contributed by atoms with E-state index in [4.69, 9.17) is 4.74 Å². The molecule has 1 heterocycles. The van der Waals surface area contributed by atoms with Crippen molar-refractivity contribution in [2.24, 2.45) is 0 Å². The van der Waals surface area contributed by atoms with Crippen LogP contribution in [0.1, 0.15) is 46.5 Å². The normalized spacial score (nSPS) is 20.3. The monoisotopic (exact) mass is 336 g/mol. The lowest BCUT2D eigenvalue weighted by Crippen LogP contribution is -2.53. The highest BCUT2D eigenvalue weighted by molar-refractivity contribution is 5.82. The fourth-order valence-corrected chi connectivity index (χ4v) is 2.78. The van der Waals surface area contributed by atoms with Crippen molar-refractivity contribution in [2.75, 3.05) is 13.1 Å². The zero-order valence-corrected chi connectivity index (χ0v) is 13.7. The highest BCUT2D eigenvalue weighted by Crippen LogP contribution is 2.35. The lowest BCUT2D eigenvalue weighted by Gasteiger charge is -2.39. The first-order chi connectivity index (χ1) is 10.5. The number of hydrogen-bond acceptors (Lipinski definition) is 3. The molecule has 2 aliphatic rings. The van der Waals surface area contributed by atoms with Crippen LogP contribution in [0.3, 0.4) is 0 Å². The zero-order valence-electron chi connectivity index (χ0n) is 13.7. The molecule has 0 atom stereocenters. The number of amides is 2. The molecule has 23 heavy (non-hydrogen) atoms. The van der Waals surface area contributed by atoms with Crippen molar-refractivity contribution in [3.63, 3.8) is 0 Å². The Morgan fingerprint density at radius 2 is 1.48 bits per heavy atom. The topological polar surface area (TPSA) is 49.9 Å². The standard InChI is InChI=1S/C15H23F3N2O3/c1-14(2,3)23-13(22)19-8-6-11(7-9-19)20(10-4-5-10)12(21)15(16,17)18/h10-11H,4-9H2,1-3H3. The third-order valence-electron chi connectivity index (χ3n) is 3.93. The molecule has 8 heteroatoms. The molecule has 5 nitrogen and oxygen atoms in total. The van der Waals surface area contributed by atoms with Crippen molar-refractivity contribution < 1.29 is 27.5 Å². The third kappa shape index (κ3) is 4.75. The summed E-state index contributed by atoms with van der Waals surface area (Å²) in [6.07, 6.45) is -3.38. The quantitative estimate of drug-likeness (QED) is 0.779. The molecule has 132 valence electrons. The van der Waals surface area contributed by atoms with Crippen molar-refractivity contribution in [2.45, 2.75) is 70.3 Å². The first kappa shape index (κ1) is 17.9. The minimum absolute atomic E-state index is 0.300. The zero-order chi connectivity index (χ0) is 17.4. The Hall–Kier alpha value is -1.47. The second-order valence-electron chi connectivity index (χ2n) is 7.14. The summed E-state index contributed by atoms with van der Waals surface area (Å²) in [4.78, 5) is 26.1. The highest BCUT2D eigenvalue weighted by Gasteiger charge is 2.50. The Morgan fingerprint density at radius 3 is 1.87 bits per heavy atom. The molecule has 0 bridgehead atoms. The van der Waals surface area contributed by atoms with Crippen molar-refractivity contribution in [1.82, 2.24) is 9.80 Å². The van der Waals surface area contributed by atoms with Crippen LogP contribution >= 0.6 is 0 Å². The minimum atomic E-state index is -4.84. The number of likely N-dealkylation sites (tertiary alicyclic amines) is 1. The van der Waals surface area contributed by atoms with Gasteiger partial charge in [0.1, 0.15) is 5.60 Å². The van der Waals surface area contributed by atoms with E-state index in [1.54, 1.807) is 20.8 Å². The van der Waals surface area contributed by atoms with Gasteiger partial charge in [-0.15, -0.1) is 0 Å². The Kier molecular flexibility index (Phi) is 4.82. The molecule has 2 amide bonds. The average Bonchev–Trinajstić information content (AvgIpc) is 3.21. The third-order valence-corrected chi connectivity index (χ3v) is 3.93. The highest BCUT2D eigenvalue weighted by atomic mass is 19.4. The van der Waals surface area contributed by atoms with Crippen LogP contribution < -0.4 is 0 Å². The van der Waals surface area contributed by atoms with Crippen LogP contribution in [-0.4, -0.2) is 58.8 Å². The molecular formula is C15H23F3N2O3. The van der Waals surface area contributed by atoms with Gasteiger partial charge in [-0.25, -0.2) is 4.79 Å². The van der Waals surface area contributed by atoms with Crippen LogP contribution in [0.15, 0.2) is 0 Å². The molecule has 0 spiro atoms. The number of ether oxygens (including phenoxy) is 1. The number of halogens is 3. The van der Waals surface area contributed by atoms with Gasteiger partial charge in [0, 0.05) is 25.2 Å². The van der Waals surface area contributed by atoms with Crippen molar-refractivity contribution >= 4 is 12.0 Å². The largest absolute Gasteiger partial charge is 0.471 e. The van der Waals surface area contributed by atoms with Crippen LogP contribution in [0.25, 0.3) is 0 Å². The molecule has 2 fully saturated rings. The molecule has 1 saturated carbocycles. The van der Waals surface area contributed by atoms with Gasteiger partial charge in [-0.05, 0) is 46.5 Å². The van der Waals surface area contributed by atoms with E-state index < -0.39 is 29.8 Å². The van der Waals surface area contributed by atoms with Crippen LogP contribution in [-0.2, 0) is 9.53 Å². The number of piperidine rings is 1. The van der Waals surface area contributed by atoms with Crippen LogP contribution in [0, 0.1) is 0 Å². The molecule has 1 saturated heterocycles. The van der Waals surface area contributed by atoms with E-state index in [9.17, 15) is 22.8 Å². The molecule has 0 aromatic heterocycles. The van der Waals surface area contributed by atoms with Gasteiger partial charge in [-0.1, -0.05) is 0 Å². The summed E-state index contributed by atoms with van der Waals surface area (Å²) in [7, 11) is 0. The maximum atomic E-state index is 12.8. The second kappa shape index (κ2) is 6.20. The molecule has 0 aromatic carbocycles. The lowest BCUT2D eigenvalue weighted by atomic mass is 10.0. The van der Waals surface area contributed by atoms with Gasteiger partial charge in [0.25, 0.3) is 0 Å². The van der Waals surface area contributed by atoms with Crippen molar-refractivity contribution in [3.05, 3.63) is 0 Å². The van der Waals surface area contributed by atoms with E-state index in [1.165, 1.54) is 4.90 Å². The summed E-state index contributed by atoms with van der Waals surface area (Å²) >= 11 is 0. The van der Waals surface area contributed by atoms with Crippen LogP contribution in [0.4, 0.5) is 18.0 Å². The molecular weight excluding hydrogens is 313 g/mol. The predicted molar refractivity (Wildman–Crippen MR) is 76.8 cm³/mol. The molecule has 1 aliphatic carbocycles. The Bertz CT molecular complexity index is 462. The molecule has 0 radical (unpaired) electrons. The smallest absolute Gasteiger partial charge is 0.444 e. The number of hydrogen-bond donors (Lipinski definition) is 0. The molecule has 2 rings (SSSR count). The lowest BCUT2D eigenvalue weighted by molar-refractivity contribution is -0.189. The summed E-state index contributed by atoms with van der Waals surface area (Å²) in [5.41, 5.74) is -0.611. The fourth-order valence-electron chi connectivity index (χ4n) is 2.78. The Morgan fingerprint density at radius 1 is 1.00 bits per heavy atom. The van der Waals surface area contributed by atoms with E-state index in [2.05, 4.69) is 0 Å². The van der Waals surface area contributed by atoms with Crippen LogP contribution in [0.2, 0.25) is 0 Å². The van der Waals surface area contributed by atoms with E-state index in [0.29, 0.717) is 38.8 Å². The van der Waals surface area contributed by atoms with E-state index >= 15 is 0 Å². The maximum absolute atomic E-state index is 12.8. The van der Waals surface area contributed by atoms with E-state index in [1.807, 2.05) is 0 Å². The van der Waals surface area contributed by atoms with Crippen LogP contribution in [0.5, 0.6) is 0 Å². The van der Waals surface area contributed by atoms with Gasteiger partial charge in [0.2, 0.25) is 0 Å². The molecule has 0 unspecified atom stereocenters. The average molecular weight is 336 g/mol. The number of rotatable bonds is 2. The number of carbonyl (C=O) groups excluding carboxylic acids is 2. The van der Waals surface area contributed by atoms with E-state index in [-0.39, 0.29) is 6.04 Å². The summed E-state index contributed by atoms with van der Waals surface area (Å²) in [6, 6.07) is -0.766. The Balaban J connectivity index is 1.94. The van der Waals surface area contributed by atoms with Gasteiger partial charge in [-0.3, -0.25) is 4.79 Å².